The van der Waals surface area contributed by atoms with Gasteiger partial charge in [-0.3, -0.25) is 9.59 Å². The van der Waals surface area contributed by atoms with Crippen molar-refractivity contribution in [1.29, 1.82) is 0 Å². The monoisotopic (exact) mass is 526 g/mol. The molecule has 0 unspecified atom stereocenters. The van der Waals surface area contributed by atoms with Crippen LogP contribution < -0.4 is 15.7 Å². The van der Waals surface area contributed by atoms with Crippen LogP contribution in [0.4, 0.5) is 0 Å². The first-order valence-corrected chi connectivity index (χ1v) is 14.1. The smallest absolute Gasteiger partial charge is 0.339 e. The van der Waals surface area contributed by atoms with Crippen LogP contribution in [-0.2, 0) is 9.59 Å². The molecule has 0 bridgehead atoms. The molecule has 0 spiro atoms. The molecule has 2 aromatic rings. The van der Waals surface area contributed by atoms with Gasteiger partial charge in [-0.1, -0.05) is 19.3 Å². The molecule has 2 heterocycles. The van der Waals surface area contributed by atoms with Gasteiger partial charge in [-0.05, 0) is 83.1 Å². The number of benzene rings is 1. The number of carbonyl (C=O) groups is 2. The summed E-state index contributed by atoms with van der Waals surface area (Å²) in [6.45, 7) is 9.02. The first-order valence-electron chi connectivity index (χ1n) is 14.1. The summed E-state index contributed by atoms with van der Waals surface area (Å²) in [6, 6.07) is 3.65. The second-order valence-corrected chi connectivity index (χ2v) is 11.3. The van der Waals surface area contributed by atoms with Gasteiger partial charge in [0, 0.05) is 37.5 Å². The number of carbonyl (C=O) groups excluding carboxylic acids is 2. The Labute approximate surface area is 224 Å². The molecule has 0 radical (unpaired) electrons. The van der Waals surface area contributed by atoms with Crippen LogP contribution >= 0.6 is 0 Å². The summed E-state index contributed by atoms with van der Waals surface area (Å²) in [5.41, 5.74) is 1.71. The van der Waals surface area contributed by atoms with E-state index in [2.05, 4.69) is 5.32 Å². The van der Waals surface area contributed by atoms with Crippen molar-refractivity contribution in [2.45, 2.75) is 97.2 Å². The van der Waals surface area contributed by atoms with Gasteiger partial charge in [0.25, 0.3) is 5.91 Å². The van der Waals surface area contributed by atoms with Crippen molar-refractivity contribution in [3.05, 3.63) is 39.2 Å². The number of amides is 2. The number of rotatable bonds is 9. The summed E-state index contributed by atoms with van der Waals surface area (Å²) in [7, 11) is 0. The van der Waals surface area contributed by atoms with Crippen molar-refractivity contribution < 1.29 is 23.8 Å². The highest BCUT2D eigenvalue weighted by Gasteiger charge is 2.43. The zero-order valence-corrected chi connectivity index (χ0v) is 23.2. The number of aryl methyl sites for hydroxylation is 2. The van der Waals surface area contributed by atoms with E-state index in [1.165, 1.54) is 0 Å². The maximum atomic E-state index is 12.7. The second kappa shape index (κ2) is 11.9. The van der Waals surface area contributed by atoms with E-state index in [1.807, 2.05) is 24.8 Å². The molecule has 2 amide bonds. The maximum Gasteiger partial charge on any atom is 0.339 e. The summed E-state index contributed by atoms with van der Waals surface area (Å²) in [6.07, 6.45) is 7.01. The predicted molar refractivity (Wildman–Crippen MR) is 146 cm³/mol. The van der Waals surface area contributed by atoms with E-state index in [-0.39, 0.29) is 23.4 Å². The Morgan fingerprint density at radius 3 is 2.74 bits per heavy atom. The van der Waals surface area contributed by atoms with Gasteiger partial charge in [0.05, 0.1) is 11.0 Å². The zero-order valence-electron chi connectivity index (χ0n) is 23.2. The molecule has 208 valence electrons. The summed E-state index contributed by atoms with van der Waals surface area (Å²) in [5, 5.41) is 14.5. The molecular formula is C30H42N2O6. The molecule has 8 heteroatoms. The molecule has 2 fully saturated rings. The Balaban J connectivity index is 1.19. The highest BCUT2D eigenvalue weighted by atomic mass is 16.5. The molecule has 1 aromatic carbocycles. The Bertz CT molecular complexity index is 1240. The highest BCUT2D eigenvalue weighted by molar-refractivity contribution is 5.89. The van der Waals surface area contributed by atoms with E-state index < -0.39 is 11.7 Å². The lowest BCUT2D eigenvalue weighted by molar-refractivity contribution is -0.143. The Morgan fingerprint density at radius 2 is 1.95 bits per heavy atom. The second-order valence-electron chi connectivity index (χ2n) is 11.3. The van der Waals surface area contributed by atoms with Crippen molar-refractivity contribution in [1.82, 2.24) is 10.2 Å². The molecule has 2 aliphatic rings. The summed E-state index contributed by atoms with van der Waals surface area (Å²) < 4.78 is 11.5. The van der Waals surface area contributed by atoms with Crippen molar-refractivity contribution in [3.8, 4) is 5.75 Å². The van der Waals surface area contributed by atoms with E-state index in [1.54, 1.807) is 19.9 Å². The fourth-order valence-electron chi connectivity index (χ4n) is 5.91. The largest absolute Gasteiger partial charge is 0.480 e. The topological polar surface area (TPSA) is 109 Å². The Kier molecular flexibility index (Phi) is 8.81. The number of fused-ring (bicyclic) bond motifs is 2. The average Bonchev–Trinajstić information content (AvgIpc) is 2.88. The molecule has 1 saturated heterocycles. The number of piperidine rings is 1. The van der Waals surface area contributed by atoms with Crippen molar-refractivity contribution in [2.75, 3.05) is 19.6 Å². The van der Waals surface area contributed by atoms with Crippen molar-refractivity contribution >= 4 is 22.8 Å². The van der Waals surface area contributed by atoms with Crippen LogP contribution in [0.5, 0.6) is 5.75 Å². The average molecular weight is 527 g/mol. The number of likely N-dealkylation sites (tertiary alicyclic amines) is 1. The summed E-state index contributed by atoms with van der Waals surface area (Å²) in [5.74, 6) is 0.707. The number of nitrogens with zero attached hydrogens (tertiary/aromatic N) is 1. The Hall–Kier alpha value is -2.87. The van der Waals surface area contributed by atoms with E-state index in [0.29, 0.717) is 54.8 Å². The van der Waals surface area contributed by atoms with Gasteiger partial charge < -0.3 is 24.5 Å². The number of unbranched alkanes of at least 4 members (excludes halogenated alkanes) is 2. The third-order valence-electron chi connectivity index (χ3n) is 8.48. The standard InChI is InChI=1S/C30H42N2O6/c1-19-16-24(27-20(2)21(3)29(35)38-25(27)17-19)37-22(4)28(34)31-14-9-5-6-11-26(33)32-15-13-30(36)12-8-7-10-23(30)18-32/h16-17,22-23,36H,5-15,18H2,1-4H3,(H,31,34)/t22-,23+,30+/m1/s1. The minimum Gasteiger partial charge on any atom is -0.480 e. The quantitative estimate of drug-likeness (QED) is 0.372. The lowest BCUT2D eigenvalue weighted by atomic mass is 9.71. The molecule has 1 saturated carbocycles. The van der Waals surface area contributed by atoms with Crippen LogP contribution in [0.2, 0.25) is 0 Å². The minimum absolute atomic E-state index is 0.176. The van der Waals surface area contributed by atoms with Crippen LogP contribution in [0, 0.1) is 26.7 Å². The van der Waals surface area contributed by atoms with Crippen LogP contribution in [0.25, 0.3) is 11.0 Å². The number of hydrogen-bond acceptors (Lipinski definition) is 6. The molecule has 8 nitrogen and oxygen atoms in total. The van der Waals surface area contributed by atoms with E-state index in [9.17, 15) is 19.5 Å². The molecular weight excluding hydrogens is 484 g/mol. The van der Waals surface area contributed by atoms with Gasteiger partial charge in [-0.25, -0.2) is 4.79 Å². The van der Waals surface area contributed by atoms with E-state index >= 15 is 0 Å². The van der Waals surface area contributed by atoms with Crippen LogP contribution in [-0.4, -0.2) is 53.2 Å². The normalized spacial score (nSPS) is 22.1. The molecule has 2 N–H and O–H groups in total. The fourth-order valence-corrected chi connectivity index (χ4v) is 5.91. The molecule has 4 rings (SSSR count). The number of ether oxygens (including phenoxy) is 1. The van der Waals surface area contributed by atoms with Crippen molar-refractivity contribution in [2.24, 2.45) is 5.92 Å². The fraction of sp³-hybridized carbons (Fsp3) is 0.633. The Morgan fingerprint density at radius 1 is 1.16 bits per heavy atom. The number of hydrogen-bond donors (Lipinski definition) is 2. The third-order valence-corrected chi connectivity index (χ3v) is 8.48. The number of aliphatic hydroxyl groups is 1. The van der Waals surface area contributed by atoms with Gasteiger partial charge in [0.1, 0.15) is 11.3 Å². The van der Waals surface area contributed by atoms with Gasteiger partial charge in [0.2, 0.25) is 5.91 Å². The molecule has 1 aromatic heterocycles. The van der Waals surface area contributed by atoms with Crippen LogP contribution in [0.1, 0.15) is 81.4 Å². The molecule has 1 aliphatic carbocycles. The van der Waals surface area contributed by atoms with E-state index in [4.69, 9.17) is 9.15 Å². The molecule has 3 atom stereocenters. The third kappa shape index (κ3) is 6.22. The van der Waals surface area contributed by atoms with Gasteiger partial charge in [-0.15, -0.1) is 0 Å². The molecule has 1 aliphatic heterocycles. The van der Waals surface area contributed by atoms with Crippen LogP contribution in [0.3, 0.4) is 0 Å². The van der Waals surface area contributed by atoms with Crippen molar-refractivity contribution in [3.63, 3.8) is 0 Å². The lowest BCUT2D eigenvalue weighted by Crippen LogP contribution is -2.54. The van der Waals surface area contributed by atoms with Crippen LogP contribution in [0.15, 0.2) is 21.3 Å². The first-order chi connectivity index (χ1) is 18.1. The number of nitrogens with one attached hydrogen (secondary N) is 1. The van der Waals surface area contributed by atoms with Gasteiger partial charge >= 0.3 is 5.63 Å². The predicted octanol–water partition coefficient (Wildman–Crippen LogP) is 4.32. The summed E-state index contributed by atoms with van der Waals surface area (Å²) in [4.78, 5) is 39.4. The van der Waals surface area contributed by atoms with Gasteiger partial charge in [-0.2, -0.15) is 0 Å². The lowest BCUT2D eigenvalue weighted by Gasteiger charge is -2.47. The SMILES string of the molecule is Cc1cc(O[C@H](C)C(=O)NCCCCCC(=O)N2CC[C@@]3(O)CCCC[C@H]3C2)c2c(C)c(C)c(=O)oc2c1. The maximum absolute atomic E-state index is 12.7. The summed E-state index contributed by atoms with van der Waals surface area (Å²) >= 11 is 0. The molecule has 38 heavy (non-hydrogen) atoms. The van der Waals surface area contributed by atoms with E-state index in [0.717, 1.165) is 56.1 Å². The highest BCUT2D eigenvalue weighted by Crippen LogP contribution is 2.40. The zero-order chi connectivity index (χ0) is 27.4. The minimum atomic E-state index is -0.717. The van der Waals surface area contributed by atoms with Gasteiger partial charge in [0.15, 0.2) is 6.10 Å². The first kappa shape index (κ1) is 28.1.